The quantitative estimate of drug-likeness (QED) is 0.575. The number of piperidine rings is 1. The number of aliphatic hydroxyl groups is 1. The van der Waals surface area contributed by atoms with Crippen LogP contribution in [0.2, 0.25) is 0 Å². The zero-order chi connectivity index (χ0) is 26.3. The molecule has 0 bridgehead atoms. The Hall–Kier alpha value is -2.78. The van der Waals surface area contributed by atoms with Crippen molar-refractivity contribution in [3.63, 3.8) is 0 Å². The lowest BCUT2D eigenvalue weighted by atomic mass is 9.91. The first kappa shape index (κ1) is 31.2. The molecule has 2 aromatic rings. The molecule has 0 saturated carbocycles. The van der Waals surface area contributed by atoms with Crippen molar-refractivity contribution >= 4 is 17.5 Å². The molecule has 0 aliphatic carbocycles. The normalized spacial score (nSPS) is 13.2. The number of pyridine rings is 1. The molecule has 0 atom stereocenters. The predicted octanol–water partition coefficient (Wildman–Crippen LogP) is 5.33. The number of carbonyl (C=O) groups excluding carboxylic acids is 2. The van der Waals surface area contributed by atoms with E-state index in [1.165, 1.54) is 24.6 Å². The number of halogens is 3. The number of likely N-dealkylation sites (tertiary alicyclic amines) is 1. The van der Waals surface area contributed by atoms with Crippen LogP contribution in [0.4, 0.5) is 19.0 Å². The van der Waals surface area contributed by atoms with Crippen LogP contribution in [0, 0.1) is 23.4 Å². The smallest absolute Gasteiger partial charge is 0.262 e. The molecule has 3 rings (SSSR count). The van der Waals surface area contributed by atoms with Gasteiger partial charge in [-0.25, -0.2) is 18.2 Å². The minimum absolute atomic E-state index is 0.0121. The van der Waals surface area contributed by atoms with Gasteiger partial charge in [0.25, 0.3) is 5.91 Å². The second-order valence-electron chi connectivity index (χ2n) is 7.26. The van der Waals surface area contributed by atoms with E-state index in [1.807, 2.05) is 20.9 Å². The summed E-state index contributed by atoms with van der Waals surface area (Å²) in [4.78, 5) is 31.0. The highest BCUT2D eigenvalue weighted by molar-refractivity contribution is 6.04. The number of amides is 1. The molecule has 0 radical (unpaired) electrons. The number of Topliss-reactive ketones (excluding diaryl/α,β-unsaturated/α-hetero) is 1. The summed E-state index contributed by atoms with van der Waals surface area (Å²) < 4.78 is 40.4. The second-order valence-corrected chi connectivity index (χ2v) is 7.26. The Morgan fingerprint density at radius 3 is 2.06 bits per heavy atom. The molecule has 0 unspecified atom stereocenters. The molecule has 1 saturated heterocycles. The van der Waals surface area contributed by atoms with E-state index in [9.17, 15) is 22.8 Å². The Morgan fingerprint density at radius 1 is 1.06 bits per heavy atom. The zero-order valence-corrected chi connectivity index (χ0v) is 20.8. The Kier molecular flexibility index (Phi) is 15.4. The SMILES string of the molecule is CC.CCC.CN1CCC(C(=O)c2cccc(NC(=O)c3c(F)cc(F)cc3F)n2)CC1.CO. The maximum Gasteiger partial charge on any atom is 0.262 e. The number of nitrogens with zero attached hydrogens (tertiary/aromatic N) is 2. The fraction of sp³-hybridized carbons (Fsp3) is 0.480. The van der Waals surface area contributed by atoms with E-state index >= 15 is 0 Å². The fourth-order valence-corrected chi connectivity index (χ4v) is 3.06. The maximum atomic E-state index is 13.7. The van der Waals surface area contributed by atoms with Gasteiger partial charge in [0, 0.05) is 25.2 Å². The number of aromatic nitrogens is 1. The summed E-state index contributed by atoms with van der Waals surface area (Å²) in [5.74, 6) is -5.15. The van der Waals surface area contributed by atoms with Crippen molar-refractivity contribution in [1.29, 1.82) is 0 Å². The van der Waals surface area contributed by atoms with Crippen LogP contribution in [0.25, 0.3) is 0 Å². The molecule has 1 amide bonds. The van der Waals surface area contributed by atoms with Crippen molar-refractivity contribution in [3.05, 3.63) is 59.0 Å². The Morgan fingerprint density at radius 2 is 1.56 bits per heavy atom. The molecule has 34 heavy (non-hydrogen) atoms. The number of aliphatic hydroxyl groups excluding tert-OH is 1. The molecule has 1 aliphatic rings. The summed E-state index contributed by atoms with van der Waals surface area (Å²) in [6.45, 7) is 9.88. The molecule has 1 aromatic carbocycles. The lowest BCUT2D eigenvalue weighted by Crippen LogP contribution is -2.33. The first-order valence-corrected chi connectivity index (χ1v) is 11.4. The first-order chi connectivity index (χ1) is 16.3. The summed E-state index contributed by atoms with van der Waals surface area (Å²) in [5, 5.41) is 9.25. The molecule has 9 heteroatoms. The minimum atomic E-state index is -1.32. The van der Waals surface area contributed by atoms with Gasteiger partial charge in [-0.15, -0.1) is 0 Å². The molecular formula is C25H36F3N3O3. The van der Waals surface area contributed by atoms with Gasteiger partial charge >= 0.3 is 0 Å². The topological polar surface area (TPSA) is 82.5 Å². The standard InChI is InChI=1S/C19H18F3N3O2.C3H8.C2H6.CH4O/c1-25-7-5-11(6-8-25)18(26)15-3-2-4-16(23-15)24-19(27)17-13(21)9-12(20)10-14(17)22;1-3-2;2*1-2/h2-4,9-11H,5-8H2,1H3,(H,23,24,27);3H2,1-2H3;1-2H3;2H,1H3. The van der Waals surface area contributed by atoms with E-state index in [-0.39, 0.29) is 23.2 Å². The van der Waals surface area contributed by atoms with Gasteiger partial charge in [0.1, 0.15) is 34.5 Å². The average molecular weight is 484 g/mol. The van der Waals surface area contributed by atoms with Gasteiger partial charge in [-0.2, -0.15) is 0 Å². The van der Waals surface area contributed by atoms with Gasteiger partial charge in [-0.1, -0.05) is 40.2 Å². The van der Waals surface area contributed by atoms with Crippen LogP contribution < -0.4 is 5.32 Å². The molecule has 1 fully saturated rings. The first-order valence-electron chi connectivity index (χ1n) is 11.4. The molecule has 2 heterocycles. The van der Waals surface area contributed by atoms with Crippen molar-refractivity contribution in [2.24, 2.45) is 5.92 Å². The van der Waals surface area contributed by atoms with Crippen molar-refractivity contribution < 1.29 is 27.9 Å². The van der Waals surface area contributed by atoms with Gasteiger partial charge in [0.2, 0.25) is 0 Å². The van der Waals surface area contributed by atoms with Crippen LogP contribution in [0.15, 0.2) is 30.3 Å². The number of nitrogens with one attached hydrogen (secondary N) is 1. The Labute approximate surface area is 200 Å². The largest absolute Gasteiger partial charge is 0.400 e. The zero-order valence-electron chi connectivity index (χ0n) is 20.8. The Bertz CT molecular complexity index is 879. The summed E-state index contributed by atoms with van der Waals surface area (Å²) in [5.41, 5.74) is -0.729. The highest BCUT2D eigenvalue weighted by Gasteiger charge is 2.26. The van der Waals surface area contributed by atoms with Crippen LogP contribution in [0.5, 0.6) is 0 Å². The lowest BCUT2D eigenvalue weighted by Gasteiger charge is -2.27. The molecule has 2 N–H and O–H groups in total. The van der Waals surface area contributed by atoms with Gasteiger partial charge in [0.15, 0.2) is 5.78 Å². The van der Waals surface area contributed by atoms with E-state index in [2.05, 4.69) is 29.0 Å². The minimum Gasteiger partial charge on any atom is -0.400 e. The van der Waals surface area contributed by atoms with Crippen LogP contribution in [0.1, 0.15) is 67.8 Å². The summed E-state index contributed by atoms with van der Waals surface area (Å²) >= 11 is 0. The number of carbonyl (C=O) groups is 2. The molecule has 0 spiro atoms. The number of benzene rings is 1. The molecule has 6 nitrogen and oxygen atoms in total. The molecule has 1 aromatic heterocycles. The van der Waals surface area contributed by atoms with Crippen LogP contribution in [-0.2, 0) is 0 Å². The van der Waals surface area contributed by atoms with E-state index in [1.54, 1.807) is 0 Å². The number of rotatable bonds is 4. The van der Waals surface area contributed by atoms with Crippen LogP contribution >= 0.6 is 0 Å². The monoisotopic (exact) mass is 483 g/mol. The van der Waals surface area contributed by atoms with E-state index < -0.39 is 28.9 Å². The van der Waals surface area contributed by atoms with E-state index in [0.717, 1.165) is 33.0 Å². The number of anilines is 1. The maximum absolute atomic E-state index is 13.7. The average Bonchev–Trinajstić information content (AvgIpc) is 2.82. The number of hydrogen-bond donors (Lipinski definition) is 2. The van der Waals surface area contributed by atoms with Crippen molar-refractivity contribution in [2.75, 3.05) is 32.6 Å². The van der Waals surface area contributed by atoms with Crippen molar-refractivity contribution in [3.8, 4) is 0 Å². The highest BCUT2D eigenvalue weighted by atomic mass is 19.1. The van der Waals surface area contributed by atoms with E-state index in [4.69, 9.17) is 5.11 Å². The Balaban J connectivity index is 0.00000141. The predicted molar refractivity (Wildman–Crippen MR) is 129 cm³/mol. The third-order valence-electron chi connectivity index (χ3n) is 4.57. The molecule has 1 aliphatic heterocycles. The van der Waals surface area contributed by atoms with Crippen molar-refractivity contribution in [2.45, 2.75) is 47.0 Å². The fourth-order valence-electron chi connectivity index (χ4n) is 3.06. The van der Waals surface area contributed by atoms with Crippen LogP contribution in [-0.4, -0.2) is 53.9 Å². The van der Waals surface area contributed by atoms with Crippen LogP contribution in [0.3, 0.4) is 0 Å². The number of ketones is 1. The summed E-state index contributed by atoms with van der Waals surface area (Å²) in [6, 6.07) is 5.32. The number of hydrogen-bond acceptors (Lipinski definition) is 5. The van der Waals surface area contributed by atoms with Gasteiger partial charge < -0.3 is 15.3 Å². The van der Waals surface area contributed by atoms with Crippen molar-refractivity contribution in [1.82, 2.24) is 9.88 Å². The van der Waals surface area contributed by atoms with Gasteiger partial charge in [-0.3, -0.25) is 9.59 Å². The highest BCUT2D eigenvalue weighted by Crippen LogP contribution is 2.21. The third-order valence-corrected chi connectivity index (χ3v) is 4.57. The second kappa shape index (κ2) is 16.8. The third kappa shape index (κ3) is 9.61. The molecular weight excluding hydrogens is 447 g/mol. The lowest BCUT2D eigenvalue weighted by molar-refractivity contribution is 0.0851. The summed E-state index contributed by atoms with van der Waals surface area (Å²) in [7, 11) is 2.99. The van der Waals surface area contributed by atoms with Gasteiger partial charge in [-0.05, 0) is 45.1 Å². The van der Waals surface area contributed by atoms with Gasteiger partial charge in [0.05, 0.1) is 0 Å². The van der Waals surface area contributed by atoms with E-state index in [0.29, 0.717) is 12.1 Å². The summed E-state index contributed by atoms with van der Waals surface area (Å²) in [6.07, 6.45) is 2.69. The molecule has 190 valence electrons.